The summed E-state index contributed by atoms with van der Waals surface area (Å²) in [6.45, 7) is 3.21. The molecule has 6 heteroatoms. The van der Waals surface area contributed by atoms with Crippen molar-refractivity contribution in [3.8, 4) is 0 Å². The number of hydrogen-bond acceptors (Lipinski definition) is 3. The first-order chi connectivity index (χ1) is 15.0. The summed E-state index contributed by atoms with van der Waals surface area (Å²) in [4.78, 5) is 28.1. The van der Waals surface area contributed by atoms with Crippen LogP contribution in [0.4, 0.5) is 11.4 Å². The van der Waals surface area contributed by atoms with Crippen molar-refractivity contribution >= 4 is 34.8 Å². The molecule has 1 aliphatic carbocycles. The van der Waals surface area contributed by atoms with E-state index in [-0.39, 0.29) is 11.8 Å². The predicted molar refractivity (Wildman–Crippen MR) is 123 cm³/mol. The molecule has 1 N–H and O–H groups in total. The van der Waals surface area contributed by atoms with Gasteiger partial charge in [0, 0.05) is 48.5 Å². The third-order valence-corrected chi connectivity index (χ3v) is 6.48. The van der Waals surface area contributed by atoms with E-state index in [1.807, 2.05) is 30.3 Å². The summed E-state index contributed by atoms with van der Waals surface area (Å²) >= 11 is 6.09. The summed E-state index contributed by atoms with van der Waals surface area (Å²) in [5.41, 5.74) is 6.38. The number of anilines is 2. The standard InChI is InChI=1S/C25H24ClN3O2/c1-16(30)27-21-6-4-17-2-3-18(23(17)14-21)15-28-10-8-22(9-11-28)29-24-7-5-20(26)12-19(24)13-25(29)31/h4-10,12,14,18H,2-3,11,13,15H2,1H3,(H,27,30). The minimum atomic E-state index is -0.0496. The second-order valence-corrected chi connectivity index (χ2v) is 8.84. The van der Waals surface area contributed by atoms with Gasteiger partial charge in [-0.3, -0.25) is 14.5 Å². The first kappa shape index (κ1) is 19.9. The summed E-state index contributed by atoms with van der Waals surface area (Å²) in [5.74, 6) is 0.461. The molecule has 1 unspecified atom stereocenters. The Morgan fingerprint density at radius 1 is 1.19 bits per heavy atom. The maximum Gasteiger partial charge on any atom is 0.236 e. The van der Waals surface area contributed by atoms with Crippen LogP contribution in [0.1, 0.15) is 36.0 Å². The van der Waals surface area contributed by atoms with Crippen LogP contribution in [0.25, 0.3) is 0 Å². The molecule has 0 radical (unpaired) electrons. The third-order valence-electron chi connectivity index (χ3n) is 6.25. The van der Waals surface area contributed by atoms with Gasteiger partial charge >= 0.3 is 0 Å². The number of allylic oxidation sites excluding steroid dienone is 1. The largest absolute Gasteiger partial charge is 0.373 e. The zero-order chi connectivity index (χ0) is 21.5. The van der Waals surface area contributed by atoms with Gasteiger partial charge in [-0.15, -0.1) is 0 Å². The van der Waals surface area contributed by atoms with E-state index in [2.05, 4.69) is 34.6 Å². The lowest BCUT2D eigenvalue weighted by Crippen LogP contribution is -2.30. The molecule has 5 nitrogen and oxygen atoms in total. The first-order valence-electron chi connectivity index (χ1n) is 10.6. The number of carbonyl (C=O) groups excluding carboxylic acids is 2. The molecular weight excluding hydrogens is 410 g/mol. The minimum absolute atomic E-state index is 0.0496. The van der Waals surface area contributed by atoms with E-state index < -0.39 is 0 Å². The summed E-state index contributed by atoms with van der Waals surface area (Å²) in [6, 6.07) is 11.9. The van der Waals surface area contributed by atoms with Crippen LogP contribution < -0.4 is 10.2 Å². The third kappa shape index (κ3) is 3.86. The van der Waals surface area contributed by atoms with Gasteiger partial charge in [-0.1, -0.05) is 17.7 Å². The molecule has 0 saturated carbocycles. The molecule has 1 atom stereocenters. The van der Waals surface area contributed by atoms with Crippen LogP contribution in [0.2, 0.25) is 5.02 Å². The van der Waals surface area contributed by atoms with Crippen molar-refractivity contribution in [2.75, 3.05) is 23.3 Å². The van der Waals surface area contributed by atoms with E-state index >= 15 is 0 Å². The Bertz CT molecular complexity index is 1140. The van der Waals surface area contributed by atoms with Gasteiger partial charge in [0.05, 0.1) is 12.1 Å². The zero-order valence-electron chi connectivity index (χ0n) is 17.4. The second-order valence-electron chi connectivity index (χ2n) is 8.41. The Labute approximate surface area is 187 Å². The fourth-order valence-corrected chi connectivity index (χ4v) is 5.03. The monoisotopic (exact) mass is 433 g/mol. The molecule has 0 saturated heterocycles. The van der Waals surface area contributed by atoms with Crippen molar-refractivity contribution in [3.63, 3.8) is 0 Å². The van der Waals surface area contributed by atoms with Crippen molar-refractivity contribution in [2.45, 2.75) is 32.1 Å². The summed E-state index contributed by atoms with van der Waals surface area (Å²) < 4.78 is 0. The number of rotatable bonds is 4. The quantitative estimate of drug-likeness (QED) is 0.764. The van der Waals surface area contributed by atoms with E-state index in [9.17, 15) is 9.59 Å². The highest BCUT2D eigenvalue weighted by Crippen LogP contribution is 2.37. The Kier molecular flexibility index (Phi) is 5.06. The fraction of sp³-hybridized carbons (Fsp3) is 0.280. The Morgan fingerprint density at radius 2 is 2.06 bits per heavy atom. The molecule has 3 aliphatic rings. The summed E-state index contributed by atoms with van der Waals surface area (Å²) in [6.07, 6.45) is 8.80. The zero-order valence-corrected chi connectivity index (χ0v) is 18.2. The first-order valence-corrected chi connectivity index (χ1v) is 11.0. The summed E-state index contributed by atoms with van der Waals surface area (Å²) in [7, 11) is 0. The van der Waals surface area contributed by atoms with Gasteiger partial charge in [-0.2, -0.15) is 0 Å². The Morgan fingerprint density at radius 3 is 2.84 bits per heavy atom. The lowest BCUT2D eigenvalue weighted by atomic mass is 9.99. The number of hydrogen-bond donors (Lipinski definition) is 1. The van der Waals surface area contributed by atoms with E-state index in [1.165, 1.54) is 18.1 Å². The van der Waals surface area contributed by atoms with Gasteiger partial charge in [-0.05, 0) is 72.0 Å². The van der Waals surface area contributed by atoms with Gasteiger partial charge in [0.2, 0.25) is 11.8 Å². The van der Waals surface area contributed by atoms with Crippen LogP contribution in [0.3, 0.4) is 0 Å². The highest BCUT2D eigenvalue weighted by Gasteiger charge is 2.30. The fourth-order valence-electron chi connectivity index (χ4n) is 4.84. The molecule has 2 heterocycles. The van der Waals surface area contributed by atoms with Gasteiger partial charge < -0.3 is 10.2 Å². The smallest absolute Gasteiger partial charge is 0.236 e. The molecular formula is C25H24ClN3O2. The number of fused-ring (bicyclic) bond motifs is 2. The van der Waals surface area contributed by atoms with Crippen LogP contribution in [-0.2, 0) is 22.4 Å². The lowest BCUT2D eigenvalue weighted by Gasteiger charge is -2.29. The number of benzene rings is 2. The molecule has 0 spiro atoms. The van der Waals surface area contributed by atoms with Crippen LogP contribution >= 0.6 is 11.6 Å². The molecule has 158 valence electrons. The van der Waals surface area contributed by atoms with Gasteiger partial charge in [0.1, 0.15) is 0 Å². The number of halogens is 1. The minimum Gasteiger partial charge on any atom is -0.373 e. The van der Waals surface area contributed by atoms with Crippen LogP contribution in [-0.4, -0.2) is 29.8 Å². The molecule has 5 rings (SSSR count). The van der Waals surface area contributed by atoms with Gasteiger partial charge in [0.25, 0.3) is 0 Å². The lowest BCUT2D eigenvalue weighted by molar-refractivity contribution is -0.117. The van der Waals surface area contributed by atoms with Crippen molar-refractivity contribution in [1.82, 2.24) is 4.90 Å². The highest BCUT2D eigenvalue weighted by molar-refractivity contribution is 6.31. The maximum absolute atomic E-state index is 12.6. The second kappa shape index (κ2) is 7.89. The molecule has 0 aromatic heterocycles. The van der Waals surface area contributed by atoms with Crippen LogP contribution in [0.5, 0.6) is 0 Å². The normalized spacial score (nSPS) is 19.4. The van der Waals surface area contributed by atoms with Gasteiger partial charge in [-0.25, -0.2) is 0 Å². The topological polar surface area (TPSA) is 52.7 Å². The molecule has 2 aromatic rings. The molecule has 31 heavy (non-hydrogen) atoms. The van der Waals surface area contributed by atoms with Crippen molar-refractivity contribution in [1.29, 1.82) is 0 Å². The molecule has 0 fully saturated rings. The summed E-state index contributed by atoms with van der Waals surface area (Å²) in [5, 5.41) is 3.55. The highest BCUT2D eigenvalue weighted by atomic mass is 35.5. The number of nitrogens with one attached hydrogen (secondary N) is 1. The van der Waals surface area contributed by atoms with E-state index in [0.717, 1.165) is 48.6 Å². The number of aryl methyl sites for hydroxylation is 1. The Hall–Kier alpha value is -3.05. The number of carbonyl (C=O) groups is 2. The van der Waals surface area contributed by atoms with E-state index in [1.54, 1.807) is 4.90 Å². The Balaban J connectivity index is 1.28. The molecule has 2 amide bonds. The predicted octanol–water partition coefficient (Wildman–Crippen LogP) is 4.63. The van der Waals surface area contributed by atoms with Crippen molar-refractivity contribution in [2.24, 2.45) is 0 Å². The average molecular weight is 434 g/mol. The van der Waals surface area contributed by atoms with Gasteiger partial charge in [0.15, 0.2) is 0 Å². The van der Waals surface area contributed by atoms with E-state index in [4.69, 9.17) is 11.6 Å². The molecule has 2 aliphatic heterocycles. The van der Waals surface area contributed by atoms with E-state index in [0.29, 0.717) is 17.4 Å². The van der Waals surface area contributed by atoms with Crippen LogP contribution in [0.15, 0.2) is 60.4 Å². The van der Waals surface area contributed by atoms with Crippen molar-refractivity contribution in [3.05, 3.63) is 82.2 Å². The molecule has 0 bridgehead atoms. The SMILES string of the molecule is CC(=O)Nc1ccc2c(c1)C(CN1C=CC(N3C(=O)Cc4cc(Cl)ccc43)=CC1)CC2. The molecule has 2 aromatic carbocycles. The number of nitrogens with zero attached hydrogens (tertiary/aromatic N) is 2. The number of amides is 2. The maximum atomic E-state index is 12.6. The average Bonchev–Trinajstić information content (AvgIpc) is 3.27. The van der Waals surface area contributed by atoms with Crippen LogP contribution in [0, 0.1) is 0 Å². The van der Waals surface area contributed by atoms with Crippen molar-refractivity contribution < 1.29 is 9.59 Å².